The van der Waals surface area contributed by atoms with E-state index in [0.29, 0.717) is 0 Å². The van der Waals surface area contributed by atoms with Crippen LogP contribution in [0.2, 0.25) is 0 Å². The minimum Gasteiger partial charge on any atom is -0.398 e. The minimum atomic E-state index is -4.51. The van der Waals surface area contributed by atoms with E-state index in [9.17, 15) is 17.6 Å². The average molecular weight is 356 g/mol. The fourth-order valence-corrected chi connectivity index (χ4v) is 2.47. The lowest BCUT2D eigenvalue weighted by Gasteiger charge is -2.32. The number of benzene rings is 1. The van der Waals surface area contributed by atoms with Crippen molar-refractivity contribution in [2.75, 3.05) is 0 Å². The Morgan fingerprint density at radius 1 is 1.08 bits per heavy atom. The average Bonchev–Trinajstić information content (AvgIpc) is 2.96. The molecule has 0 saturated carbocycles. The summed E-state index contributed by atoms with van der Waals surface area (Å²) in [6.07, 6.45) is -4.17. The Morgan fingerprint density at radius 2 is 1.68 bits per heavy atom. The van der Waals surface area contributed by atoms with Crippen molar-refractivity contribution in [2.24, 2.45) is 0 Å². The largest absolute Gasteiger partial charge is 0.516 e. The van der Waals surface area contributed by atoms with E-state index in [0.717, 1.165) is 16.7 Å². The van der Waals surface area contributed by atoms with Gasteiger partial charge >= 0.3 is 13.3 Å². The minimum absolute atomic E-state index is 0.0163. The van der Waals surface area contributed by atoms with Crippen molar-refractivity contribution in [1.82, 2.24) is 9.55 Å². The molecule has 0 spiro atoms. The SMILES string of the molecule is CC1(C)OB(c2cn(-c3cccc(C(F)(F)F)c3)c(F)n2)OC1(C)C. The van der Waals surface area contributed by atoms with Crippen molar-refractivity contribution in [2.45, 2.75) is 45.1 Å². The second kappa shape index (κ2) is 5.57. The van der Waals surface area contributed by atoms with Gasteiger partial charge in [-0.25, -0.2) is 4.98 Å². The third-order valence-electron chi connectivity index (χ3n) is 4.63. The Balaban J connectivity index is 1.95. The van der Waals surface area contributed by atoms with Crippen LogP contribution in [0.1, 0.15) is 33.3 Å². The molecule has 0 N–H and O–H groups in total. The Labute approximate surface area is 142 Å². The van der Waals surface area contributed by atoms with Gasteiger partial charge in [0.2, 0.25) is 0 Å². The molecule has 1 aromatic carbocycles. The molecule has 0 bridgehead atoms. The molecule has 25 heavy (non-hydrogen) atoms. The summed E-state index contributed by atoms with van der Waals surface area (Å²) in [5.41, 5.74) is -1.95. The number of halogens is 4. The number of aromatic nitrogens is 2. The predicted octanol–water partition coefficient (Wildman–Crippen LogP) is 3.33. The van der Waals surface area contributed by atoms with Gasteiger partial charge in [0.15, 0.2) is 0 Å². The number of hydrogen-bond donors (Lipinski definition) is 0. The summed E-state index contributed by atoms with van der Waals surface area (Å²) in [5.74, 6) is 0. The van der Waals surface area contributed by atoms with Crippen molar-refractivity contribution in [3.63, 3.8) is 0 Å². The molecule has 0 amide bonds. The van der Waals surface area contributed by atoms with Gasteiger partial charge in [-0.05, 0) is 45.9 Å². The zero-order valence-corrected chi connectivity index (χ0v) is 14.2. The molecule has 1 aromatic heterocycles. The summed E-state index contributed by atoms with van der Waals surface area (Å²) in [6, 6.07) is 4.37. The molecule has 2 heterocycles. The third kappa shape index (κ3) is 3.18. The summed E-state index contributed by atoms with van der Waals surface area (Å²) < 4.78 is 65.3. The first kappa shape index (κ1) is 17.9. The van der Waals surface area contributed by atoms with E-state index in [1.807, 2.05) is 27.7 Å². The zero-order valence-electron chi connectivity index (χ0n) is 14.2. The van der Waals surface area contributed by atoms with Crippen molar-refractivity contribution in [3.05, 3.63) is 42.1 Å². The Kier molecular flexibility index (Phi) is 4.00. The van der Waals surface area contributed by atoms with Gasteiger partial charge in [-0.1, -0.05) is 6.07 Å². The topological polar surface area (TPSA) is 36.3 Å². The number of nitrogens with zero attached hydrogens (tertiary/aromatic N) is 2. The first-order valence-corrected chi connectivity index (χ1v) is 7.69. The Bertz CT molecular complexity index is 786. The van der Waals surface area contributed by atoms with Crippen LogP contribution < -0.4 is 5.59 Å². The molecular formula is C16H17BF4N2O2. The number of imidazole rings is 1. The molecule has 2 aromatic rings. The highest BCUT2D eigenvalue weighted by molar-refractivity contribution is 6.61. The Morgan fingerprint density at radius 3 is 2.24 bits per heavy atom. The summed E-state index contributed by atoms with van der Waals surface area (Å²) in [5, 5.41) is 0. The van der Waals surface area contributed by atoms with Gasteiger partial charge in [0.1, 0.15) is 0 Å². The van der Waals surface area contributed by atoms with Gasteiger partial charge in [0.05, 0.1) is 22.4 Å². The molecule has 1 saturated heterocycles. The van der Waals surface area contributed by atoms with Gasteiger partial charge in [0.25, 0.3) is 6.08 Å². The van der Waals surface area contributed by atoms with E-state index >= 15 is 0 Å². The maximum absolute atomic E-state index is 14.2. The fourth-order valence-electron chi connectivity index (χ4n) is 2.47. The lowest BCUT2D eigenvalue weighted by Crippen LogP contribution is -2.41. The van der Waals surface area contributed by atoms with Crippen LogP contribution in [0.3, 0.4) is 0 Å². The number of hydrogen-bond acceptors (Lipinski definition) is 3. The standard InChI is InChI=1S/C16H17BF4N2O2/c1-14(2)15(3,4)25-17(24-14)12-9-23(13(18)22-12)11-7-5-6-10(8-11)16(19,20)21/h5-9H,1-4H3. The van der Waals surface area contributed by atoms with E-state index in [1.54, 1.807) is 0 Å². The second-order valence-electron chi connectivity index (χ2n) is 6.94. The zero-order chi connectivity index (χ0) is 18.6. The molecule has 0 unspecified atom stereocenters. The van der Waals surface area contributed by atoms with Gasteiger partial charge < -0.3 is 9.31 Å². The molecule has 0 atom stereocenters. The first-order valence-electron chi connectivity index (χ1n) is 7.69. The van der Waals surface area contributed by atoms with Crippen LogP contribution in [0.5, 0.6) is 0 Å². The van der Waals surface area contributed by atoms with Gasteiger partial charge in [-0.3, -0.25) is 4.57 Å². The lowest BCUT2D eigenvalue weighted by atomic mass is 9.86. The fraction of sp³-hybridized carbons (Fsp3) is 0.438. The van der Waals surface area contributed by atoms with Crippen molar-refractivity contribution in [3.8, 4) is 5.69 Å². The van der Waals surface area contributed by atoms with Gasteiger partial charge in [0, 0.05) is 11.9 Å². The molecule has 4 nitrogen and oxygen atoms in total. The van der Waals surface area contributed by atoms with Crippen LogP contribution in [0.25, 0.3) is 5.69 Å². The predicted molar refractivity (Wildman–Crippen MR) is 84.2 cm³/mol. The second-order valence-corrected chi connectivity index (χ2v) is 6.94. The van der Waals surface area contributed by atoms with E-state index in [2.05, 4.69) is 4.98 Å². The summed E-state index contributed by atoms with van der Waals surface area (Å²) >= 11 is 0. The highest BCUT2D eigenvalue weighted by atomic mass is 19.4. The molecular weight excluding hydrogens is 339 g/mol. The molecule has 3 rings (SSSR count). The Hall–Kier alpha value is -1.87. The maximum Gasteiger partial charge on any atom is 0.516 e. The van der Waals surface area contributed by atoms with Crippen LogP contribution in [-0.2, 0) is 15.5 Å². The van der Waals surface area contributed by atoms with Crippen molar-refractivity contribution >= 4 is 12.7 Å². The molecule has 1 aliphatic heterocycles. The van der Waals surface area contributed by atoms with Crippen molar-refractivity contribution < 1.29 is 26.9 Å². The van der Waals surface area contributed by atoms with Crippen LogP contribution in [0.4, 0.5) is 17.6 Å². The summed E-state index contributed by atoms with van der Waals surface area (Å²) in [4.78, 5) is 3.76. The quantitative estimate of drug-likeness (QED) is 0.612. The van der Waals surface area contributed by atoms with Crippen LogP contribution >= 0.6 is 0 Å². The summed E-state index contributed by atoms with van der Waals surface area (Å²) in [6.45, 7) is 7.36. The highest BCUT2D eigenvalue weighted by Crippen LogP contribution is 2.36. The van der Waals surface area contributed by atoms with E-state index in [1.165, 1.54) is 18.3 Å². The van der Waals surface area contributed by atoms with Crippen LogP contribution in [-0.4, -0.2) is 27.9 Å². The van der Waals surface area contributed by atoms with Gasteiger partial charge in [-0.15, -0.1) is 0 Å². The molecule has 0 radical (unpaired) electrons. The molecule has 1 fully saturated rings. The summed E-state index contributed by atoms with van der Waals surface area (Å²) in [7, 11) is -0.897. The molecule has 0 aliphatic carbocycles. The van der Waals surface area contributed by atoms with E-state index in [4.69, 9.17) is 9.31 Å². The van der Waals surface area contributed by atoms with E-state index < -0.39 is 36.1 Å². The van der Waals surface area contributed by atoms with Crippen LogP contribution in [0.15, 0.2) is 30.5 Å². The maximum atomic E-state index is 14.2. The molecule has 134 valence electrons. The van der Waals surface area contributed by atoms with Gasteiger partial charge in [-0.2, -0.15) is 17.6 Å². The number of rotatable bonds is 2. The normalized spacial score (nSPS) is 19.4. The van der Waals surface area contributed by atoms with Crippen LogP contribution in [0, 0.1) is 6.08 Å². The van der Waals surface area contributed by atoms with Crippen molar-refractivity contribution in [1.29, 1.82) is 0 Å². The van der Waals surface area contributed by atoms with E-state index in [-0.39, 0.29) is 11.3 Å². The molecule has 1 aliphatic rings. The third-order valence-corrected chi connectivity index (χ3v) is 4.63. The molecule has 9 heteroatoms. The smallest absolute Gasteiger partial charge is 0.398 e. The monoisotopic (exact) mass is 356 g/mol. The highest BCUT2D eigenvalue weighted by Gasteiger charge is 2.52. The lowest BCUT2D eigenvalue weighted by molar-refractivity contribution is -0.137. The first-order chi connectivity index (χ1) is 11.4. The number of alkyl halides is 3.